The lowest BCUT2D eigenvalue weighted by molar-refractivity contribution is 0.304. The summed E-state index contributed by atoms with van der Waals surface area (Å²) in [5.74, 6) is 1.15. The Balaban J connectivity index is 1.72. The summed E-state index contributed by atoms with van der Waals surface area (Å²) in [6.07, 6.45) is 10.6. The third-order valence-corrected chi connectivity index (χ3v) is 8.19. The van der Waals surface area contributed by atoms with Crippen LogP contribution < -0.4 is 14.5 Å². The summed E-state index contributed by atoms with van der Waals surface area (Å²) in [7, 11) is 0. The van der Waals surface area contributed by atoms with Crippen LogP contribution in [0.4, 0.5) is 11.4 Å². The number of hydrogen-bond acceptors (Lipinski definition) is 3. The van der Waals surface area contributed by atoms with Crippen molar-refractivity contribution in [3.8, 4) is 5.75 Å². The number of benzene rings is 3. The Morgan fingerprint density at radius 1 is 0.475 bits per heavy atom. The Hall–Kier alpha value is -2.94. The Kier molecular flexibility index (Phi) is 14.0. The van der Waals surface area contributed by atoms with E-state index in [9.17, 15) is 0 Å². The second kappa shape index (κ2) is 17.7. The summed E-state index contributed by atoms with van der Waals surface area (Å²) in [6.45, 7) is 16.0. The molecule has 0 fully saturated rings. The lowest BCUT2D eigenvalue weighted by atomic mass is 9.85. The summed E-state index contributed by atoms with van der Waals surface area (Å²) in [4.78, 5) is 4.80. The smallest absolute Gasteiger partial charge is 0.119 e. The summed E-state index contributed by atoms with van der Waals surface area (Å²) >= 11 is 0. The van der Waals surface area contributed by atoms with Crippen LogP contribution >= 0.6 is 0 Å². The molecule has 0 unspecified atom stereocenters. The zero-order chi connectivity index (χ0) is 28.6. The van der Waals surface area contributed by atoms with Crippen molar-refractivity contribution in [2.75, 3.05) is 42.6 Å². The van der Waals surface area contributed by atoms with Crippen molar-refractivity contribution >= 4 is 11.4 Å². The van der Waals surface area contributed by atoms with E-state index in [2.05, 4.69) is 117 Å². The quantitative estimate of drug-likeness (QED) is 0.111. The Morgan fingerprint density at radius 3 is 1.25 bits per heavy atom. The van der Waals surface area contributed by atoms with Gasteiger partial charge in [-0.3, -0.25) is 0 Å². The average molecular weight is 543 g/mol. The predicted octanol–water partition coefficient (Wildman–Crippen LogP) is 10.1. The molecule has 0 bridgehead atoms. The van der Waals surface area contributed by atoms with E-state index in [0.717, 1.165) is 45.0 Å². The minimum absolute atomic E-state index is 0.179. The molecular formula is C37H54N2O. The standard InChI is InChI=1S/C37H54N2O/c1-6-11-12-13-14-15-16-17-30-40-36-28-22-33(23-29-36)37(31-18-24-34(25-19-31)38(7-2)8-3)32-20-26-35(27-21-32)39(9-4)10-5/h18-29,37H,6-17,30H2,1-5H3. The molecule has 0 heterocycles. The molecule has 0 aliphatic heterocycles. The van der Waals surface area contributed by atoms with Gasteiger partial charge in [0.1, 0.15) is 5.75 Å². The van der Waals surface area contributed by atoms with Crippen molar-refractivity contribution in [1.82, 2.24) is 0 Å². The van der Waals surface area contributed by atoms with Gasteiger partial charge in [0.05, 0.1) is 6.61 Å². The van der Waals surface area contributed by atoms with Crippen molar-refractivity contribution in [2.24, 2.45) is 0 Å². The number of unbranched alkanes of at least 4 members (excludes halogenated alkanes) is 7. The zero-order valence-electron chi connectivity index (χ0n) is 26.0. The van der Waals surface area contributed by atoms with Gasteiger partial charge in [-0.25, -0.2) is 0 Å². The highest BCUT2D eigenvalue weighted by atomic mass is 16.5. The maximum atomic E-state index is 6.12. The van der Waals surface area contributed by atoms with E-state index in [0.29, 0.717) is 0 Å². The molecule has 0 aliphatic carbocycles. The molecule has 3 nitrogen and oxygen atoms in total. The molecule has 40 heavy (non-hydrogen) atoms. The third kappa shape index (κ3) is 9.32. The van der Waals surface area contributed by atoms with Gasteiger partial charge in [-0.05, 0) is 87.2 Å². The Labute approximate surface area is 245 Å². The van der Waals surface area contributed by atoms with Crippen LogP contribution in [-0.2, 0) is 0 Å². The molecular weight excluding hydrogens is 488 g/mol. The van der Waals surface area contributed by atoms with Crippen LogP contribution in [0.1, 0.15) is 109 Å². The van der Waals surface area contributed by atoms with Gasteiger partial charge < -0.3 is 14.5 Å². The second-order valence-corrected chi connectivity index (χ2v) is 10.9. The van der Waals surface area contributed by atoms with Crippen LogP contribution in [0.5, 0.6) is 5.75 Å². The van der Waals surface area contributed by atoms with E-state index in [1.807, 2.05) is 0 Å². The van der Waals surface area contributed by atoms with Crippen LogP contribution in [0, 0.1) is 0 Å². The molecule has 0 saturated carbocycles. The minimum Gasteiger partial charge on any atom is -0.494 e. The number of ether oxygens (including phenoxy) is 1. The van der Waals surface area contributed by atoms with Gasteiger partial charge in [-0.2, -0.15) is 0 Å². The SMILES string of the molecule is CCCCCCCCCCOc1ccc(C(c2ccc(N(CC)CC)cc2)c2ccc(N(CC)CC)cc2)cc1. The lowest BCUT2D eigenvalue weighted by Crippen LogP contribution is -2.21. The lowest BCUT2D eigenvalue weighted by Gasteiger charge is -2.25. The number of nitrogens with zero attached hydrogens (tertiary/aromatic N) is 2. The molecule has 218 valence electrons. The van der Waals surface area contributed by atoms with Gasteiger partial charge >= 0.3 is 0 Å². The molecule has 0 aromatic heterocycles. The monoisotopic (exact) mass is 542 g/mol. The Bertz CT molecular complexity index is 995. The molecule has 3 aromatic rings. The largest absolute Gasteiger partial charge is 0.494 e. The maximum Gasteiger partial charge on any atom is 0.119 e. The summed E-state index contributed by atoms with van der Waals surface area (Å²) in [5, 5.41) is 0. The van der Waals surface area contributed by atoms with Crippen molar-refractivity contribution < 1.29 is 4.74 Å². The van der Waals surface area contributed by atoms with Crippen molar-refractivity contribution in [2.45, 2.75) is 91.9 Å². The molecule has 0 spiro atoms. The molecule has 0 amide bonds. The van der Waals surface area contributed by atoms with E-state index in [4.69, 9.17) is 4.74 Å². The van der Waals surface area contributed by atoms with Crippen LogP contribution in [0.15, 0.2) is 72.8 Å². The highest BCUT2D eigenvalue weighted by molar-refractivity contribution is 5.54. The van der Waals surface area contributed by atoms with Crippen molar-refractivity contribution in [1.29, 1.82) is 0 Å². The number of anilines is 2. The van der Waals surface area contributed by atoms with E-state index in [1.165, 1.54) is 73.0 Å². The van der Waals surface area contributed by atoms with E-state index in [1.54, 1.807) is 0 Å². The first-order chi connectivity index (χ1) is 19.6. The normalized spacial score (nSPS) is 11.2. The predicted molar refractivity (Wildman–Crippen MR) is 175 cm³/mol. The van der Waals surface area contributed by atoms with Gasteiger partial charge in [0, 0.05) is 43.5 Å². The number of rotatable bonds is 19. The van der Waals surface area contributed by atoms with E-state index >= 15 is 0 Å². The minimum atomic E-state index is 0.179. The topological polar surface area (TPSA) is 15.7 Å². The summed E-state index contributed by atoms with van der Waals surface area (Å²) < 4.78 is 6.12. The summed E-state index contributed by atoms with van der Waals surface area (Å²) in [5.41, 5.74) is 6.51. The fourth-order valence-electron chi connectivity index (χ4n) is 5.69. The zero-order valence-corrected chi connectivity index (χ0v) is 26.0. The second-order valence-electron chi connectivity index (χ2n) is 10.9. The van der Waals surface area contributed by atoms with Gasteiger partial charge in [-0.1, -0.05) is 88.3 Å². The van der Waals surface area contributed by atoms with Crippen LogP contribution in [0.2, 0.25) is 0 Å². The summed E-state index contributed by atoms with van der Waals surface area (Å²) in [6, 6.07) is 27.2. The molecule has 0 atom stereocenters. The fourth-order valence-corrected chi connectivity index (χ4v) is 5.69. The first kappa shape index (κ1) is 31.6. The highest BCUT2D eigenvalue weighted by Crippen LogP contribution is 2.35. The first-order valence-electron chi connectivity index (χ1n) is 16.1. The van der Waals surface area contributed by atoms with Gasteiger partial charge in [-0.15, -0.1) is 0 Å². The van der Waals surface area contributed by atoms with Gasteiger partial charge in [0.2, 0.25) is 0 Å². The molecule has 0 radical (unpaired) electrons. The molecule has 0 saturated heterocycles. The molecule has 0 N–H and O–H groups in total. The molecule has 3 heteroatoms. The molecule has 0 aliphatic rings. The van der Waals surface area contributed by atoms with Crippen LogP contribution in [0.25, 0.3) is 0 Å². The maximum absolute atomic E-state index is 6.12. The van der Waals surface area contributed by atoms with E-state index in [-0.39, 0.29) is 5.92 Å². The molecule has 3 rings (SSSR count). The van der Waals surface area contributed by atoms with Crippen molar-refractivity contribution in [3.63, 3.8) is 0 Å². The van der Waals surface area contributed by atoms with E-state index < -0.39 is 0 Å². The highest BCUT2D eigenvalue weighted by Gasteiger charge is 2.18. The first-order valence-corrected chi connectivity index (χ1v) is 16.1. The van der Waals surface area contributed by atoms with Gasteiger partial charge in [0.15, 0.2) is 0 Å². The molecule has 3 aromatic carbocycles. The fraction of sp³-hybridized carbons (Fsp3) is 0.514. The van der Waals surface area contributed by atoms with Crippen molar-refractivity contribution in [3.05, 3.63) is 89.5 Å². The number of hydrogen-bond donors (Lipinski definition) is 0. The third-order valence-electron chi connectivity index (χ3n) is 8.19. The average Bonchev–Trinajstić information content (AvgIpc) is 3.00. The van der Waals surface area contributed by atoms with Gasteiger partial charge in [0.25, 0.3) is 0 Å². The van der Waals surface area contributed by atoms with Crippen LogP contribution in [-0.4, -0.2) is 32.8 Å². The Morgan fingerprint density at radius 2 is 0.850 bits per heavy atom. The van der Waals surface area contributed by atoms with Crippen LogP contribution in [0.3, 0.4) is 0 Å².